The standard InChI is InChI=1S/C12H16O2/c1-7-5-8(2)12(14)10(4)11(7)6-9(3)13/h5,14H,6H2,1-4H3. The number of Topliss-reactive ketones (excluding diaryl/α,β-unsaturated/α-hetero) is 1. The highest BCUT2D eigenvalue weighted by molar-refractivity contribution is 5.79. The van der Waals surface area contributed by atoms with Crippen LogP contribution < -0.4 is 0 Å². The maximum absolute atomic E-state index is 11.0. The first-order valence-electron chi connectivity index (χ1n) is 4.71. The van der Waals surface area contributed by atoms with Gasteiger partial charge in [0.2, 0.25) is 0 Å². The van der Waals surface area contributed by atoms with Gasteiger partial charge in [0.1, 0.15) is 11.5 Å². The molecule has 76 valence electrons. The fourth-order valence-corrected chi connectivity index (χ4v) is 1.74. The molecular formula is C12H16O2. The molecular weight excluding hydrogens is 176 g/mol. The molecule has 2 nitrogen and oxygen atoms in total. The molecule has 0 heterocycles. The van der Waals surface area contributed by atoms with Crippen LogP contribution in [0.15, 0.2) is 6.07 Å². The van der Waals surface area contributed by atoms with E-state index in [9.17, 15) is 9.90 Å². The van der Waals surface area contributed by atoms with Crippen LogP contribution in [0.1, 0.15) is 29.2 Å². The van der Waals surface area contributed by atoms with Crippen molar-refractivity contribution in [3.63, 3.8) is 0 Å². The topological polar surface area (TPSA) is 37.3 Å². The minimum Gasteiger partial charge on any atom is -0.507 e. The Labute approximate surface area is 84.6 Å². The monoisotopic (exact) mass is 192 g/mol. The summed E-state index contributed by atoms with van der Waals surface area (Å²) < 4.78 is 0. The van der Waals surface area contributed by atoms with E-state index in [1.807, 2.05) is 26.8 Å². The van der Waals surface area contributed by atoms with Crippen molar-refractivity contribution in [3.8, 4) is 5.75 Å². The third-order valence-electron chi connectivity index (χ3n) is 2.52. The largest absolute Gasteiger partial charge is 0.507 e. The Balaban J connectivity index is 3.29. The van der Waals surface area contributed by atoms with Crippen molar-refractivity contribution in [2.45, 2.75) is 34.1 Å². The van der Waals surface area contributed by atoms with Crippen LogP contribution in [0.5, 0.6) is 5.75 Å². The molecule has 0 fully saturated rings. The highest BCUT2D eigenvalue weighted by atomic mass is 16.3. The van der Waals surface area contributed by atoms with Crippen LogP contribution >= 0.6 is 0 Å². The Kier molecular flexibility index (Phi) is 2.94. The molecule has 0 aromatic heterocycles. The average molecular weight is 192 g/mol. The van der Waals surface area contributed by atoms with E-state index in [0.717, 1.165) is 22.3 Å². The van der Waals surface area contributed by atoms with Gasteiger partial charge in [0.15, 0.2) is 0 Å². The zero-order chi connectivity index (χ0) is 10.9. The predicted octanol–water partition coefficient (Wildman–Crippen LogP) is 2.45. The van der Waals surface area contributed by atoms with Crippen LogP contribution in [-0.2, 0) is 11.2 Å². The van der Waals surface area contributed by atoms with Gasteiger partial charge in [0, 0.05) is 6.42 Å². The number of aromatic hydroxyl groups is 1. The average Bonchev–Trinajstić information content (AvgIpc) is 2.09. The fourth-order valence-electron chi connectivity index (χ4n) is 1.74. The highest BCUT2D eigenvalue weighted by Gasteiger charge is 2.11. The lowest BCUT2D eigenvalue weighted by Crippen LogP contribution is -2.02. The van der Waals surface area contributed by atoms with Crippen molar-refractivity contribution in [1.82, 2.24) is 0 Å². The molecule has 0 unspecified atom stereocenters. The Bertz CT molecular complexity index is 378. The van der Waals surface area contributed by atoms with Gasteiger partial charge in [0.05, 0.1) is 0 Å². The molecule has 0 aliphatic rings. The number of hydrogen-bond acceptors (Lipinski definition) is 2. The van der Waals surface area contributed by atoms with E-state index >= 15 is 0 Å². The Hall–Kier alpha value is -1.31. The second-order valence-electron chi connectivity index (χ2n) is 3.84. The van der Waals surface area contributed by atoms with Crippen molar-refractivity contribution in [2.24, 2.45) is 0 Å². The summed E-state index contributed by atoms with van der Waals surface area (Å²) in [7, 11) is 0. The first kappa shape index (κ1) is 10.8. The van der Waals surface area contributed by atoms with Crippen molar-refractivity contribution in [2.75, 3.05) is 0 Å². The van der Waals surface area contributed by atoms with Gasteiger partial charge in [-0.25, -0.2) is 0 Å². The van der Waals surface area contributed by atoms with Gasteiger partial charge in [0.25, 0.3) is 0 Å². The number of rotatable bonds is 2. The number of phenols is 1. The number of phenolic OH excluding ortho intramolecular Hbond substituents is 1. The van der Waals surface area contributed by atoms with Gasteiger partial charge >= 0.3 is 0 Å². The molecule has 0 amide bonds. The van der Waals surface area contributed by atoms with Crippen LogP contribution in [-0.4, -0.2) is 10.9 Å². The molecule has 0 spiro atoms. The molecule has 0 atom stereocenters. The lowest BCUT2D eigenvalue weighted by Gasteiger charge is -2.12. The SMILES string of the molecule is CC(=O)Cc1c(C)cc(C)c(O)c1C. The van der Waals surface area contributed by atoms with E-state index in [-0.39, 0.29) is 5.78 Å². The smallest absolute Gasteiger partial charge is 0.134 e. The van der Waals surface area contributed by atoms with E-state index < -0.39 is 0 Å². The zero-order valence-electron chi connectivity index (χ0n) is 9.14. The molecule has 2 heteroatoms. The van der Waals surface area contributed by atoms with E-state index in [1.54, 1.807) is 6.92 Å². The molecule has 0 aliphatic heterocycles. The van der Waals surface area contributed by atoms with Crippen molar-refractivity contribution in [1.29, 1.82) is 0 Å². The van der Waals surface area contributed by atoms with Crippen molar-refractivity contribution >= 4 is 5.78 Å². The van der Waals surface area contributed by atoms with Gasteiger partial charge in [-0.2, -0.15) is 0 Å². The molecule has 0 saturated carbocycles. The molecule has 0 saturated heterocycles. The van der Waals surface area contributed by atoms with Crippen LogP contribution in [0.2, 0.25) is 0 Å². The van der Waals surface area contributed by atoms with Crippen molar-refractivity contribution in [3.05, 3.63) is 28.3 Å². The number of carbonyl (C=O) groups is 1. The third kappa shape index (κ3) is 1.95. The zero-order valence-corrected chi connectivity index (χ0v) is 9.14. The van der Waals surface area contributed by atoms with Gasteiger partial charge < -0.3 is 5.11 Å². The third-order valence-corrected chi connectivity index (χ3v) is 2.52. The van der Waals surface area contributed by atoms with Crippen molar-refractivity contribution < 1.29 is 9.90 Å². The molecule has 1 aromatic carbocycles. The van der Waals surface area contributed by atoms with E-state index in [0.29, 0.717) is 12.2 Å². The molecule has 14 heavy (non-hydrogen) atoms. The Morgan fingerprint density at radius 3 is 2.36 bits per heavy atom. The number of aryl methyl sites for hydroxylation is 2. The normalized spacial score (nSPS) is 10.3. The predicted molar refractivity (Wildman–Crippen MR) is 56.7 cm³/mol. The summed E-state index contributed by atoms with van der Waals surface area (Å²) in [6, 6.07) is 1.92. The van der Waals surface area contributed by atoms with E-state index in [2.05, 4.69) is 0 Å². The fraction of sp³-hybridized carbons (Fsp3) is 0.417. The van der Waals surface area contributed by atoms with Crippen LogP contribution in [0.3, 0.4) is 0 Å². The summed E-state index contributed by atoms with van der Waals surface area (Å²) in [5.41, 5.74) is 3.73. The first-order chi connectivity index (χ1) is 6.43. The summed E-state index contributed by atoms with van der Waals surface area (Å²) >= 11 is 0. The summed E-state index contributed by atoms with van der Waals surface area (Å²) in [6.07, 6.45) is 0.408. The summed E-state index contributed by atoms with van der Waals surface area (Å²) in [5.74, 6) is 0.436. The summed E-state index contributed by atoms with van der Waals surface area (Å²) in [5, 5.41) is 9.71. The Morgan fingerprint density at radius 2 is 1.86 bits per heavy atom. The minimum absolute atomic E-state index is 0.124. The van der Waals surface area contributed by atoms with Gasteiger partial charge in [-0.1, -0.05) is 6.07 Å². The highest BCUT2D eigenvalue weighted by Crippen LogP contribution is 2.27. The second kappa shape index (κ2) is 3.82. The number of hydrogen-bond donors (Lipinski definition) is 1. The van der Waals surface area contributed by atoms with Gasteiger partial charge in [-0.05, 0) is 49.9 Å². The number of ketones is 1. The van der Waals surface area contributed by atoms with Crippen LogP contribution in [0.4, 0.5) is 0 Å². The van der Waals surface area contributed by atoms with E-state index in [4.69, 9.17) is 0 Å². The van der Waals surface area contributed by atoms with Crippen LogP contribution in [0, 0.1) is 20.8 Å². The lowest BCUT2D eigenvalue weighted by molar-refractivity contribution is -0.116. The first-order valence-corrected chi connectivity index (χ1v) is 4.71. The van der Waals surface area contributed by atoms with Gasteiger partial charge in [-0.3, -0.25) is 4.79 Å². The Morgan fingerprint density at radius 1 is 1.29 bits per heavy atom. The van der Waals surface area contributed by atoms with Gasteiger partial charge in [-0.15, -0.1) is 0 Å². The molecule has 0 aliphatic carbocycles. The van der Waals surface area contributed by atoms with Crippen LogP contribution in [0.25, 0.3) is 0 Å². The summed E-state index contributed by atoms with van der Waals surface area (Å²) in [6.45, 7) is 7.26. The molecule has 1 N–H and O–H groups in total. The number of benzene rings is 1. The second-order valence-corrected chi connectivity index (χ2v) is 3.84. The lowest BCUT2D eigenvalue weighted by atomic mass is 9.95. The summed E-state index contributed by atoms with van der Waals surface area (Å²) in [4.78, 5) is 11.0. The number of carbonyl (C=O) groups excluding carboxylic acids is 1. The molecule has 0 radical (unpaired) electrons. The molecule has 0 bridgehead atoms. The maximum Gasteiger partial charge on any atom is 0.134 e. The maximum atomic E-state index is 11.0. The molecule has 1 rings (SSSR count). The quantitative estimate of drug-likeness (QED) is 0.781. The van der Waals surface area contributed by atoms with E-state index in [1.165, 1.54) is 0 Å². The minimum atomic E-state index is 0.124. The molecule has 1 aromatic rings.